The van der Waals surface area contributed by atoms with Crippen molar-refractivity contribution in [2.45, 2.75) is 6.42 Å². The molecular formula is C18H16INO5. The summed E-state index contributed by atoms with van der Waals surface area (Å²) in [6.07, 6.45) is 0.810. The summed E-state index contributed by atoms with van der Waals surface area (Å²) >= 11 is 2.11. The molecule has 1 heterocycles. The zero-order chi connectivity index (χ0) is 17.6. The second-order valence-corrected chi connectivity index (χ2v) is 6.59. The first kappa shape index (κ1) is 17.5. The average molecular weight is 453 g/mol. The number of hydrogen-bond acceptors (Lipinski definition) is 5. The Bertz CT molecular complexity index is 793. The predicted molar refractivity (Wildman–Crippen MR) is 100 cm³/mol. The van der Waals surface area contributed by atoms with Crippen molar-refractivity contribution in [2.24, 2.45) is 0 Å². The van der Waals surface area contributed by atoms with Crippen molar-refractivity contribution in [3.05, 3.63) is 51.6 Å². The highest BCUT2D eigenvalue weighted by molar-refractivity contribution is 14.1. The fraction of sp³-hybridized carbons (Fsp3) is 0.222. The molecule has 3 rings (SSSR count). The lowest BCUT2D eigenvalue weighted by atomic mass is 10.2. The molecule has 0 aliphatic carbocycles. The molecule has 0 bridgehead atoms. The third-order valence-corrected chi connectivity index (χ3v) is 4.10. The van der Waals surface area contributed by atoms with Gasteiger partial charge < -0.3 is 19.5 Å². The molecule has 1 aliphatic heterocycles. The van der Waals surface area contributed by atoms with E-state index in [4.69, 9.17) is 14.2 Å². The van der Waals surface area contributed by atoms with Crippen LogP contribution in [0.1, 0.15) is 16.8 Å². The van der Waals surface area contributed by atoms with Crippen molar-refractivity contribution in [3.63, 3.8) is 0 Å². The Hall–Kier alpha value is -2.29. The van der Waals surface area contributed by atoms with Gasteiger partial charge in [0.1, 0.15) is 0 Å². The van der Waals surface area contributed by atoms with E-state index in [0.29, 0.717) is 36.0 Å². The number of benzene rings is 2. The molecule has 1 N–H and O–H groups in total. The number of anilines is 1. The van der Waals surface area contributed by atoms with E-state index in [1.807, 2.05) is 6.07 Å². The van der Waals surface area contributed by atoms with Crippen LogP contribution in [-0.2, 0) is 9.53 Å². The van der Waals surface area contributed by atoms with Crippen LogP contribution in [0.5, 0.6) is 11.5 Å². The molecule has 0 fully saturated rings. The highest BCUT2D eigenvalue weighted by atomic mass is 127. The van der Waals surface area contributed by atoms with Gasteiger partial charge in [-0.15, -0.1) is 0 Å². The molecule has 130 valence electrons. The van der Waals surface area contributed by atoms with E-state index in [-0.39, 0.29) is 6.61 Å². The van der Waals surface area contributed by atoms with E-state index in [0.717, 1.165) is 9.99 Å². The Morgan fingerprint density at radius 1 is 1.08 bits per heavy atom. The number of carbonyl (C=O) groups is 2. The topological polar surface area (TPSA) is 73.9 Å². The number of esters is 1. The second-order valence-electron chi connectivity index (χ2n) is 5.35. The number of amides is 1. The van der Waals surface area contributed by atoms with Crippen LogP contribution in [0.3, 0.4) is 0 Å². The maximum atomic E-state index is 12.0. The fourth-order valence-electron chi connectivity index (χ4n) is 2.27. The van der Waals surface area contributed by atoms with Crippen molar-refractivity contribution in [3.8, 4) is 11.5 Å². The van der Waals surface area contributed by atoms with Crippen molar-refractivity contribution < 1.29 is 23.8 Å². The van der Waals surface area contributed by atoms with Crippen molar-refractivity contribution in [1.82, 2.24) is 0 Å². The van der Waals surface area contributed by atoms with Crippen molar-refractivity contribution in [1.29, 1.82) is 0 Å². The van der Waals surface area contributed by atoms with E-state index in [2.05, 4.69) is 27.9 Å². The molecule has 25 heavy (non-hydrogen) atoms. The second kappa shape index (κ2) is 8.19. The predicted octanol–water partition coefficient (Wildman–Crippen LogP) is 3.25. The number of rotatable bonds is 4. The molecule has 1 aliphatic rings. The van der Waals surface area contributed by atoms with Crippen molar-refractivity contribution in [2.75, 3.05) is 25.1 Å². The van der Waals surface area contributed by atoms with E-state index < -0.39 is 11.9 Å². The van der Waals surface area contributed by atoms with Crippen molar-refractivity contribution >= 4 is 40.2 Å². The number of hydrogen-bond donors (Lipinski definition) is 1. The van der Waals surface area contributed by atoms with Crippen LogP contribution in [0.15, 0.2) is 42.5 Å². The third-order valence-electron chi connectivity index (χ3n) is 3.43. The van der Waals surface area contributed by atoms with E-state index >= 15 is 0 Å². The Kier molecular flexibility index (Phi) is 5.75. The molecule has 0 unspecified atom stereocenters. The number of fused-ring (bicyclic) bond motifs is 1. The van der Waals surface area contributed by atoms with E-state index in [1.165, 1.54) is 0 Å². The summed E-state index contributed by atoms with van der Waals surface area (Å²) in [5, 5.41) is 2.68. The van der Waals surface area contributed by atoms with Gasteiger partial charge in [0.05, 0.1) is 18.8 Å². The summed E-state index contributed by atoms with van der Waals surface area (Å²) in [5.41, 5.74) is 0.967. The summed E-state index contributed by atoms with van der Waals surface area (Å²) in [6.45, 7) is 0.809. The molecule has 2 aromatic rings. The minimum Gasteiger partial charge on any atom is -0.490 e. The lowest BCUT2D eigenvalue weighted by Crippen LogP contribution is -2.21. The molecule has 7 heteroatoms. The van der Waals surface area contributed by atoms with Crippen LogP contribution in [0.2, 0.25) is 0 Å². The van der Waals surface area contributed by atoms with Crippen LogP contribution in [0.25, 0.3) is 0 Å². The summed E-state index contributed by atoms with van der Waals surface area (Å²) in [4.78, 5) is 23.9. The molecule has 1 amide bonds. The van der Waals surface area contributed by atoms with Crippen LogP contribution >= 0.6 is 22.6 Å². The number of carbonyl (C=O) groups excluding carboxylic acids is 2. The van der Waals surface area contributed by atoms with Gasteiger partial charge in [-0.05, 0) is 52.9 Å². The quantitative estimate of drug-likeness (QED) is 0.569. The Morgan fingerprint density at radius 2 is 1.88 bits per heavy atom. The summed E-state index contributed by atoms with van der Waals surface area (Å²) in [6, 6.07) is 12.1. The van der Waals surface area contributed by atoms with Gasteiger partial charge in [0.2, 0.25) is 0 Å². The molecule has 0 aromatic heterocycles. The molecule has 2 aromatic carbocycles. The van der Waals surface area contributed by atoms with Gasteiger partial charge in [0, 0.05) is 21.7 Å². The molecule has 0 saturated heterocycles. The molecule has 0 atom stereocenters. The highest BCUT2D eigenvalue weighted by Crippen LogP contribution is 2.32. The van der Waals surface area contributed by atoms with Crippen LogP contribution in [0, 0.1) is 3.57 Å². The number of ether oxygens (including phenoxy) is 3. The Labute approximate surface area is 158 Å². The van der Waals surface area contributed by atoms with Gasteiger partial charge in [-0.1, -0.05) is 6.07 Å². The standard InChI is InChI=1S/C18H16INO5/c19-13-4-1-3-12(9-13)18(22)25-11-17(21)20-14-5-6-15-16(10-14)24-8-2-7-23-15/h1,3-6,9-10H,2,7-8,11H2,(H,20,21). The Morgan fingerprint density at radius 3 is 2.68 bits per heavy atom. The van der Waals surface area contributed by atoms with Gasteiger partial charge in [0.15, 0.2) is 18.1 Å². The molecule has 0 spiro atoms. The van der Waals surface area contributed by atoms with Gasteiger partial charge in [-0.25, -0.2) is 4.79 Å². The lowest BCUT2D eigenvalue weighted by molar-refractivity contribution is -0.119. The van der Waals surface area contributed by atoms with E-state index in [9.17, 15) is 9.59 Å². The monoisotopic (exact) mass is 453 g/mol. The van der Waals surface area contributed by atoms with E-state index in [1.54, 1.807) is 36.4 Å². The molecule has 0 radical (unpaired) electrons. The third kappa shape index (κ3) is 4.85. The number of halogens is 1. The van der Waals surface area contributed by atoms with Gasteiger partial charge in [-0.2, -0.15) is 0 Å². The zero-order valence-corrected chi connectivity index (χ0v) is 15.4. The lowest BCUT2D eigenvalue weighted by Gasteiger charge is -2.10. The fourth-order valence-corrected chi connectivity index (χ4v) is 2.81. The van der Waals surface area contributed by atoms with Crippen LogP contribution < -0.4 is 14.8 Å². The largest absolute Gasteiger partial charge is 0.490 e. The summed E-state index contributed by atoms with van der Waals surface area (Å²) in [7, 11) is 0. The summed E-state index contributed by atoms with van der Waals surface area (Å²) < 4.78 is 17.1. The average Bonchev–Trinajstić information content (AvgIpc) is 2.84. The van der Waals surface area contributed by atoms with Crippen LogP contribution in [-0.4, -0.2) is 31.7 Å². The normalized spacial score (nSPS) is 12.8. The smallest absolute Gasteiger partial charge is 0.338 e. The van der Waals surface area contributed by atoms with Gasteiger partial charge in [0.25, 0.3) is 5.91 Å². The summed E-state index contributed by atoms with van der Waals surface area (Å²) in [5.74, 6) is 0.285. The minimum absolute atomic E-state index is 0.362. The first-order valence-electron chi connectivity index (χ1n) is 7.74. The maximum Gasteiger partial charge on any atom is 0.338 e. The highest BCUT2D eigenvalue weighted by Gasteiger charge is 2.13. The SMILES string of the molecule is O=C(COC(=O)c1cccc(I)c1)Nc1ccc2c(c1)OCCCO2. The molecule has 6 nitrogen and oxygen atoms in total. The first-order valence-corrected chi connectivity index (χ1v) is 8.82. The Balaban J connectivity index is 1.56. The van der Waals surface area contributed by atoms with Crippen LogP contribution in [0.4, 0.5) is 5.69 Å². The molecule has 0 saturated carbocycles. The minimum atomic E-state index is -0.535. The van der Waals surface area contributed by atoms with Gasteiger partial charge in [-0.3, -0.25) is 4.79 Å². The van der Waals surface area contributed by atoms with Gasteiger partial charge >= 0.3 is 5.97 Å². The molecular weight excluding hydrogens is 437 g/mol. The zero-order valence-electron chi connectivity index (χ0n) is 13.3. The first-order chi connectivity index (χ1) is 12.1. The maximum absolute atomic E-state index is 12.0. The number of nitrogens with one attached hydrogen (secondary N) is 1.